The van der Waals surface area contributed by atoms with Crippen LogP contribution in [0.3, 0.4) is 0 Å². The molecule has 0 bridgehead atoms. The fourth-order valence-corrected chi connectivity index (χ4v) is 3.73. The first-order valence-corrected chi connectivity index (χ1v) is 9.05. The summed E-state index contributed by atoms with van der Waals surface area (Å²) in [4.78, 5) is 6.83. The summed E-state index contributed by atoms with van der Waals surface area (Å²) in [5.41, 5.74) is 4.81. The van der Waals surface area contributed by atoms with Gasteiger partial charge in [0.25, 0.3) is 5.92 Å². The Morgan fingerprint density at radius 1 is 1.08 bits per heavy atom. The molecule has 5 nitrogen and oxygen atoms in total. The standard InChI is InChI=1S/C19H23F2N5/c1-11(2)14-9-12(3)10-15-16(14)22-17(18-24-23-13(4)26(15)18)25-7-5-19(20,21)6-8-25/h9-11H,5-8H2,1-4H3. The lowest BCUT2D eigenvalue weighted by Gasteiger charge is -2.32. The quantitative estimate of drug-likeness (QED) is 0.686. The molecule has 1 aromatic carbocycles. The summed E-state index contributed by atoms with van der Waals surface area (Å²) in [5, 5.41) is 8.54. The van der Waals surface area contributed by atoms with E-state index in [0.29, 0.717) is 17.4 Å². The van der Waals surface area contributed by atoms with E-state index in [1.54, 1.807) is 0 Å². The van der Waals surface area contributed by atoms with E-state index in [2.05, 4.69) is 43.1 Å². The van der Waals surface area contributed by atoms with E-state index in [4.69, 9.17) is 4.98 Å². The van der Waals surface area contributed by atoms with E-state index in [1.807, 2.05) is 16.2 Å². The lowest BCUT2D eigenvalue weighted by atomic mass is 9.99. The molecule has 1 aliphatic rings. The molecule has 1 fully saturated rings. The van der Waals surface area contributed by atoms with Crippen LogP contribution in [-0.2, 0) is 0 Å². The Hall–Kier alpha value is -2.31. The summed E-state index contributed by atoms with van der Waals surface area (Å²) in [6.07, 6.45) is -0.312. The topological polar surface area (TPSA) is 46.3 Å². The van der Waals surface area contributed by atoms with E-state index in [-0.39, 0.29) is 25.9 Å². The largest absolute Gasteiger partial charge is 0.353 e. The van der Waals surface area contributed by atoms with Crippen LogP contribution in [0.1, 0.15) is 49.6 Å². The average molecular weight is 359 g/mol. The number of aryl methyl sites for hydroxylation is 2. The van der Waals surface area contributed by atoms with Crippen molar-refractivity contribution in [1.82, 2.24) is 19.6 Å². The summed E-state index contributed by atoms with van der Waals surface area (Å²) >= 11 is 0. The van der Waals surface area contributed by atoms with Gasteiger partial charge in [0.1, 0.15) is 5.82 Å². The number of anilines is 1. The van der Waals surface area contributed by atoms with Crippen molar-refractivity contribution in [3.05, 3.63) is 29.1 Å². The van der Waals surface area contributed by atoms with Crippen LogP contribution in [0.2, 0.25) is 0 Å². The zero-order valence-electron chi connectivity index (χ0n) is 15.6. The maximum Gasteiger partial charge on any atom is 0.251 e. The van der Waals surface area contributed by atoms with Crippen LogP contribution in [-0.4, -0.2) is 38.6 Å². The maximum atomic E-state index is 13.6. The first-order valence-electron chi connectivity index (χ1n) is 9.05. The second kappa shape index (κ2) is 5.86. The van der Waals surface area contributed by atoms with Crippen LogP contribution >= 0.6 is 0 Å². The third-order valence-electron chi connectivity index (χ3n) is 5.16. The summed E-state index contributed by atoms with van der Waals surface area (Å²) < 4.78 is 29.2. The van der Waals surface area contributed by atoms with Crippen molar-refractivity contribution in [3.63, 3.8) is 0 Å². The highest BCUT2D eigenvalue weighted by atomic mass is 19.3. The van der Waals surface area contributed by atoms with E-state index < -0.39 is 5.92 Å². The SMILES string of the molecule is Cc1cc(C(C)C)c2nc(N3CCC(F)(F)CC3)c3nnc(C)n3c2c1. The number of rotatable bonds is 2. The number of piperidine rings is 1. The highest BCUT2D eigenvalue weighted by molar-refractivity contribution is 5.86. The third-order valence-corrected chi connectivity index (χ3v) is 5.16. The van der Waals surface area contributed by atoms with Gasteiger partial charge in [-0.15, -0.1) is 10.2 Å². The van der Waals surface area contributed by atoms with Gasteiger partial charge in [0.05, 0.1) is 11.0 Å². The molecule has 0 unspecified atom stereocenters. The molecule has 1 aliphatic heterocycles. The first kappa shape index (κ1) is 17.1. The van der Waals surface area contributed by atoms with Crippen molar-refractivity contribution in [1.29, 1.82) is 0 Å². The van der Waals surface area contributed by atoms with Crippen molar-refractivity contribution in [2.75, 3.05) is 18.0 Å². The molecule has 0 atom stereocenters. The summed E-state index contributed by atoms with van der Waals surface area (Å²) in [7, 11) is 0. The molecule has 4 rings (SSSR count). The third kappa shape index (κ3) is 2.70. The van der Waals surface area contributed by atoms with Crippen molar-refractivity contribution in [3.8, 4) is 0 Å². The Morgan fingerprint density at radius 3 is 2.42 bits per heavy atom. The number of benzene rings is 1. The van der Waals surface area contributed by atoms with Gasteiger partial charge >= 0.3 is 0 Å². The van der Waals surface area contributed by atoms with E-state index >= 15 is 0 Å². The van der Waals surface area contributed by atoms with Crippen LogP contribution in [0.25, 0.3) is 16.7 Å². The fraction of sp³-hybridized carbons (Fsp3) is 0.526. The Bertz CT molecular complexity index is 983. The molecular formula is C19H23F2N5. The molecular weight excluding hydrogens is 336 g/mol. The lowest BCUT2D eigenvalue weighted by molar-refractivity contribution is -0.0221. The molecule has 0 saturated carbocycles. The van der Waals surface area contributed by atoms with Gasteiger partial charge in [-0.05, 0) is 37.0 Å². The first-order chi connectivity index (χ1) is 12.3. The highest BCUT2D eigenvalue weighted by Crippen LogP contribution is 2.34. The van der Waals surface area contributed by atoms with Crippen molar-refractivity contribution < 1.29 is 8.78 Å². The van der Waals surface area contributed by atoms with E-state index in [9.17, 15) is 8.78 Å². The minimum absolute atomic E-state index is 0.156. The Balaban J connectivity index is 1.98. The number of nitrogens with zero attached hydrogens (tertiary/aromatic N) is 5. The number of alkyl halides is 2. The predicted molar refractivity (Wildman–Crippen MR) is 98.2 cm³/mol. The van der Waals surface area contributed by atoms with Crippen LogP contribution in [0, 0.1) is 13.8 Å². The molecule has 0 radical (unpaired) electrons. The molecule has 138 valence electrons. The number of hydrogen-bond acceptors (Lipinski definition) is 4. The minimum Gasteiger partial charge on any atom is -0.353 e. The van der Waals surface area contributed by atoms with Gasteiger partial charge in [-0.2, -0.15) is 0 Å². The van der Waals surface area contributed by atoms with E-state index in [1.165, 1.54) is 0 Å². The monoisotopic (exact) mass is 359 g/mol. The minimum atomic E-state index is -2.59. The average Bonchev–Trinajstić information content (AvgIpc) is 2.96. The molecule has 26 heavy (non-hydrogen) atoms. The van der Waals surface area contributed by atoms with Gasteiger partial charge in [0.2, 0.25) is 5.65 Å². The smallest absolute Gasteiger partial charge is 0.251 e. The molecule has 0 N–H and O–H groups in total. The molecule has 2 aromatic heterocycles. The Morgan fingerprint density at radius 2 is 1.77 bits per heavy atom. The summed E-state index contributed by atoms with van der Waals surface area (Å²) in [6, 6.07) is 4.24. The van der Waals surface area contributed by atoms with Crippen LogP contribution < -0.4 is 4.90 Å². The molecule has 3 aromatic rings. The van der Waals surface area contributed by atoms with Gasteiger partial charge in [0, 0.05) is 25.9 Å². The van der Waals surface area contributed by atoms with Crippen molar-refractivity contribution >= 4 is 22.5 Å². The molecule has 0 spiro atoms. The number of aromatic nitrogens is 4. The van der Waals surface area contributed by atoms with Gasteiger partial charge in [0.15, 0.2) is 5.82 Å². The molecule has 3 heterocycles. The van der Waals surface area contributed by atoms with Gasteiger partial charge in [-0.3, -0.25) is 4.40 Å². The zero-order chi connectivity index (χ0) is 18.6. The number of hydrogen-bond donors (Lipinski definition) is 0. The van der Waals surface area contributed by atoms with Crippen LogP contribution in [0.4, 0.5) is 14.6 Å². The Labute approximate surface area is 151 Å². The number of halogens is 2. The normalized spacial score (nSPS) is 17.6. The van der Waals surface area contributed by atoms with E-state index in [0.717, 1.165) is 28.0 Å². The van der Waals surface area contributed by atoms with Gasteiger partial charge in [-0.25, -0.2) is 13.8 Å². The number of fused-ring (bicyclic) bond motifs is 3. The lowest BCUT2D eigenvalue weighted by Crippen LogP contribution is -2.40. The molecule has 0 amide bonds. The second-order valence-electron chi connectivity index (χ2n) is 7.56. The maximum absolute atomic E-state index is 13.6. The van der Waals surface area contributed by atoms with Gasteiger partial charge in [-0.1, -0.05) is 19.9 Å². The molecule has 7 heteroatoms. The molecule has 1 saturated heterocycles. The summed E-state index contributed by atoms with van der Waals surface area (Å²) in [5.74, 6) is -0.860. The zero-order valence-corrected chi connectivity index (χ0v) is 15.6. The molecule has 0 aliphatic carbocycles. The van der Waals surface area contributed by atoms with Crippen LogP contribution in [0.5, 0.6) is 0 Å². The Kier molecular flexibility index (Phi) is 3.86. The van der Waals surface area contributed by atoms with Crippen molar-refractivity contribution in [2.45, 2.75) is 52.4 Å². The van der Waals surface area contributed by atoms with Crippen molar-refractivity contribution in [2.24, 2.45) is 0 Å². The van der Waals surface area contributed by atoms with Gasteiger partial charge < -0.3 is 4.90 Å². The predicted octanol–water partition coefficient (Wildman–Crippen LogP) is 4.25. The summed E-state index contributed by atoms with van der Waals surface area (Å²) in [6.45, 7) is 8.80. The highest BCUT2D eigenvalue weighted by Gasteiger charge is 2.35. The second-order valence-corrected chi connectivity index (χ2v) is 7.56. The fourth-order valence-electron chi connectivity index (χ4n) is 3.73. The van der Waals surface area contributed by atoms with Crippen LogP contribution in [0.15, 0.2) is 12.1 Å².